The van der Waals surface area contributed by atoms with Crippen LogP contribution in [0, 0.1) is 0 Å². The topological polar surface area (TPSA) is 58.6 Å². The fourth-order valence-electron chi connectivity index (χ4n) is 3.29. The smallest absolute Gasteiger partial charge is 0.262 e. The van der Waals surface area contributed by atoms with Gasteiger partial charge in [-0.2, -0.15) is 0 Å². The van der Waals surface area contributed by atoms with Crippen molar-refractivity contribution >= 4 is 23.2 Å². The van der Waals surface area contributed by atoms with Crippen LogP contribution in [0.2, 0.25) is 0 Å². The van der Waals surface area contributed by atoms with Gasteiger partial charge in [0.2, 0.25) is 0 Å². The van der Waals surface area contributed by atoms with Gasteiger partial charge in [-0.25, -0.2) is 0 Å². The zero-order chi connectivity index (χ0) is 16.0. The number of benzene rings is 2. The van der Waals surface area contributed by atoms with Gasteiger partial charge < -0.3 is 15.0 Å². The van der Waals surface area contributed by atoms with Gasteiger partial charge in [-0.3, -0.25) is 9.59 Å². The molecule has 0 aromatic heterocycles. The lowest BCUT2D eigenvalue weighted by atomic mass is 10.1. The molecule has 116 valence electrons. The van der Waals surface area contributed by atoms with Crippen LogP contribution in [0.4, 0.5) is 11.4 Å². The predicted octanol–water partition coefficient (Wildman–Crippen LogP) is 2.61. The summed E-state index contributed by atoms with van der Waals surface area (Å²) >= 11 is 0. The molecule has 2 aliphatic heterocycles. The third-order valence-corrected chi connectivity index (χ3v) is 4.29. The molecule has 2 aliphatic rings. The summed E-state index contributed by atoms with van der Waals surface area (Å²) in [5.74, 6) is 0.145. The Bertz CT molecular complexity index is 816. The Kier molecular flexibility index (Phi) is 3.08. The second-order valence-electron chi connectivity index (χ2n) is 5.88. The minimum Gasteiger partial charge on any atom is -0.481 e. The molecule has 1 atom stereocenters. The average Bonchev–Trinajstić information content (AvgIpc) is 2.89. The molecule has 0 fully saturated rings. The van der Waals surface area contributed by atoms with Crippen molar-refractivity contribution in [1.82, 2.24) is 0 Å². The number of nitrogens with zero attached hydrogens (tertiary/aromatic N) is 1. The molecule has 4 rings (SSSR count). The van der Waals surface area contributed by atoms with Crippen molar-refractivity contribution in [3.05, 3.63) is 53.6 Å². The summed E-state index contributed by atoms with van der Waals surface area (Å²) in [5.41, 5.74) is 3.15. The minimum absolute atomic E-state index is 0.0660. The Morgan fingerprint density at radius 1 is 1.22 bits per heavy atom. The molecule has 2 heterocycles. The Hall–Kier alpha value is -2.82. The Balaban J connectivity index is 1.76. The maximum atomic E-state index is 13.1. The van der Waals surface area contributed by atoms with E-state index < -0.39 is 0 Å². The Morgan fingerprint density at radius 2 is 2.04 bits per heavy atom. The lowest BCUT2D eigenvalue weighted by Gasteiger charge is -2.26. The number of amides is 2. The number of carbonyl (C=O) groups is 2. The zero-order valence-electron chi connectivity index (χ0n) is 12.7. The fourth-order valence-corrected chi connectivity index (χ4v) is 3.29. The van der Waals surface area contributed by atoms with Crippen molar-refractivity contribution in [2.45, 2.75) is 19.4 Å². The van der Waals surface area contributed by atoms with Crippen molar-refractivity contribution in [1.29, 1.82) is 0 Å². The number of anilines is 2. The summed E-state index contributed by atoms with van der Waals surface area (Å²) in [4.78, 5) is 26.4. The molecule has 1 N–H and O–H groups in total. The summed E-state index contributed by atoms with van der Waals surface area (Å²) in [5, 5.41) is 2.74. The summed E-state index contributed by atoms with van der Waals surface area (Å²) in [6.07, 6.45) is 0.842. The summed E-state index contributed by atoms with van der Waals surface area (Å²) in [6.45, 7) is 1.97. The summed E-state index contributed by atoms with van der Waals surface area (Å²) < 4.78 is 5.51. The van der Waals surface area contributed by atoms with Gasteiger partial charge in [-0.1, -0.05) is 24.3 Å². The van der Waals surface area contributed by atoms with Gasteiger partial charge >= 0.3 is 0 Å². The number of nitrogens with one attached hydrogen (secondary N) is 1. The largest absolute Gasteiger partial charge is 0.481 e. The number of hydrogen-bond donors (Lipinski definition) is 1. The van der Waals surface area contributed by atoms with E-state index >= 15 is 0 Å². The summed E-state index contributed by atoms with van der Waals surface area (Å²) in [7, 11) is 0. The minimum atomic E-state index is -0.206. The third-order valence-electron chi connectivity index (χ3n) is 4.29. The van der Waals surface area contributed by atoms with Crippen molar-refractivity contribution in [2.75, 3.05) is 16.8 Å². The van der Waals surface area contributed by atoms with Crippen LogP contribution in [0.15, 0.2) is 42.5 Å². The molecule has 0 aliphatic carbocycles. The van der Waals surface area contributed by atoms with Gasteiger partial charge in [0, 0.05) is 11.7 Å². The van der Waals surface area contributed by atoms with E-state index in [1.54, 1.807) is 18.2 Å². The van der Waals surface area contributed by atoms with E-state index in [0.29, 0.717) is 17.0 Å². The standard InChI is InChI=1S/C18H16N2O3/c1-11-9-12-5-2-3-8-15(12)20(11)18(22)13-6-4-7-14-17(13)23-10-16(21)19-14/h2-8,11H,9-10H2,1H3,(H,19,21). The fraction of sp³-hybridized carbons (Fsp3) is 0.222. The van der Waals surface area contributed by atoms with Crippen LogP contribution < -0.4 is 15.0 Å². The number of hydrogen-bond acceptors (Lipinski definition) is 3. The van der Waals surface area contributed by atoms with Crippen LogP contribution in [-0.4, -0.2) is 24.5 Å². The van der Waals surface area contributed by atoms with Gasteiger partial charge in [0.05, 0.1) is 11.3 Å². The van der Waals surface area contributed by atoms with Gasteiger partial charge in [0.25, 0.3) is 11.8 Å². The molecule has 1 unspecified atom stereocenters. The number of rotatable bonds is 1. The molecule has 0 spiro atoms. The SMILES string of the molecule is CC1Cc2ccccc2N1C(=O)c1cccc2c1OCC(=O)N2. The highest BCUT2D eigenvalue weighted by molar-refractivity contribution is 6.11. The second kappa shape index (κ2) is 5.12. The zero-order valence-corrected chi connectivity index (χ0v) is 12.7. The van der Waals surface area contributed by atoms with Crippen molar-refractivity contribution in [2.24, 2.45) is 0 Å². The first-order valence-corrected chi connectivity index (χ1v) is 7.62. The highest BCUT2D eigenvalue weighted by Gasteiger charge is 2.33. The molecule has 2 amide bonds. The maximum Gasteiger partial charge on any atom is 0.262 e. The van der Waals surface area contributed by atoms with Crippen LogP contribution in [-0.2, 0) is 11.2 Å². The number of para-hydroxylation sites is 2. The van der Waals surface area contributed by atoms with Crippen molar-refractivity contribution in [3.63, 3.8) is 0 Å². The predicted molar refractivity (Wildman–Crippen MR) is 87.0 cm³/mol. The third kappa shape index (κ3) is 2.16. The Morgan fingerprint density at radius 3 is 2.91 bits per heavy atom. The van der Waals surface area contributed by atoms with Gasteiger partial charge in [-0.05, 0) is 37.1 Å². The highest BCUT2D eigenvalue weighted by atomic mass is 16.5. The molecule has 0 saturated carbocycles. The number of ether oxygens (including phenoxy) is 1. The van der Waals surface area contributed by atoms with Crippen molar-refractivity contribution < 1.29 is 14.3 Å². The van der Waals surface area contributed by atoms with Crippen molar-refractivity contribution in [3.8, 4) is 5.75 Å². The lowest BCUT2D eigenvalue weighted by molar-refractivity contribution is -0.118. The molecule has 2 aromatic carbocycles. The van der Waals surface area contributed by atoms with Crippen LogP contribution in [0.1, 0.15) is 22.8 Å². The summed E-state index contributed by atoms with van der Waals surface area (Å²) in [6, 6.07) is 13.3. The molecular formula is C18H16N2O3. The van der Waals surface area contributed by atoms with E-state index in [-0.39, 0.29) is 24.5 Å². The quantitative estimate of drug-likeness (QED) is 0.881. The lowest BCUT2D eigenvalue weighted by Crippen LogP contribution is -2.36. The van der Waals surface area contributed by atoms with E-state index in [2.05, 4.69) is 11.4 Å². The van der Waals surface area contributed by atoms with Gasteiger partial charge in [0.1, 0.15) is 0 Å². The van der Waals surface area contributed by atoms with E-state index in [1.807, 2.05) is 30.0 Å². The molecule has 5 nitrogen and oxygen atoms in total. The highest BCUT2D eigenvalue weighted by Crippen LogP contribution is 2.37. The molecule has 0 bridgehead atoms. The first-order chi connectivity index (χ1) is 11.1. The number of carbonyl (C=O) groups excluding carboxylic acids is 2. The Labute approximate surface area is 133 Å². The molecular weight excluding hydrogens is 292 g/mol. The van der Waals surface area contributed by atoms with Gasteiger partial charge in [0.15, 0.2) is 12.4 Å². The van der Waals surface area contributed by atoms with E-state index in [9.17, 15) is 9.59 Å². The maximum absolute atomic E-state index is 13.1. The van der Waals surface area contributed by atoms with Gasteiger partial charge in [-0.15, -0.1) is 0 Å². The average molecular weight is 308 g/mol. The molecule has 0 radical (unpaired) electrons. The van der Waals surface area contributed by atoms with Crippen LogP contribution in [0.3, 0.4) is 0 Å². The van der Waals surface area contributed by atoms with Crippen LogP contribution >= 0.6 is 0 Å². The normalized spacial score (nSPS) is 18.7. The first kappa shape index (κ1) is 13.8. The molecule has 23 heavy (non-hydrogen) atoms. The monoisotopic (exact) mass is 308 g/mol. The van der Waals surface area contributed by atoms with Crippen LogP contribution in [0.5, 0.6) is 5.75 Å². The molecule has 5 heteroatoms. The van der Waals surface area contributed by atoms with E-state index in [0.717, 1.165) is 12.1 Å². The van der Waals surface area contributed by atoms with E-state index in [1.165, 1.54) is 5.56 Å². The second-order valence-corrected chi connectivity index (χ2v) is 5.88. The van der Waals surface area contributed by atoms with E-state index in [4.69, 9.17) is 4.74 Å². The van der Waals surface area contributed by atoms with Crippen LogP contribution in [0.25, 0.3) is 0 Å². The number of fused-ring (bicyclic) bond motifs is 2. The molecule has 0 saturated heterocycles. The first-order valence-electron chi connectivity index (χ1n) is 7.62. The molecule has 2 aromatic rings.